The first kappa shape index (κ1) is 15.7. The Bertz CT molecular complexity index is 548. The minimum atomic E-state index is -3.19. The number of hydrogen-bond donors (Lipinski definition) is 0. The van der Waals surface area contributed by atoms with Crippen LogP contribution < -0.4 is 0 Å². The molecule has 0 bridgehead atoms. The van der Waals surface area contributed by atoms with Crippen molar-refractivity contribution in [1.82, 2.24) is 0 Å². The third-order valence-corrected chi connectivity index (χ3v) is 4.44. The van der Waals surface area contributed by atoms with Gasteiger partial charge in [0.15, 0.2) is 9.84 Å². The Kier molecular flexibility index (Phi) is 6.03. The van der Waals surface area contributed by atoms with E-state index in [2.05, 4.69) is 19.9 Å². The van der Waals surface area contributed by atoms with Crippen molar-refractivity contribution in [2.45, 2.75) is 38.5 Å². The van der Waals surface area contributed by atoms with E-state index in [0.717, 1.165) is 18.4 Å². The molecule has 0 aliphatic heterocycles. The zero-order chi connectivity index (χ0) is 14.3. The molecule has 1 rings (SSSR count). The molecule has 0 aromatic heterocycles. The smallest absolute Gasteiger partial charge is 0.181 e. The topological polar surface area (TPSA) is 34.1 Å². The molecule has 104 valence electrons. The highest BCUT2D eigenvalue weighted by atomic mass is 32.2. The van der Waals surface area contributed by atoms with Crippen molar-refractivity contribution in [1.29, 1.82) is 0 Å². The number of allylic oxidation sites excluding steroid dienone is 3. The summed E-state index contributed by atoms with van der Waals surface area (Å²) in [5.41, 5.74) is 2.42. The molecule has 2 nitrogen and oxygen atoms in total. The van der Waals surface area contributed by atoms with Crippen LogP contribution in [-0.2, 0) is 9.84 Å². The number of benzene rings is 1. The summed E-state index contributed by atoms with van der Waals surface area (Å²) in [5.74, 6) is 0.0810. The Balaban J connectivity index is 2.62. The predicted octanol–water partition coefficient (Wildman–Crippen LogP) is 4.15. The van der Waals surface area contributed by atoms with Gasteiger partial charge in [0.1, 0.15) is 0 Å². The Morgan fingerprint density at radius 3 is 2.26 bits per heavy atom. The first-order valence-electron chi connectivity index (χ1n) is 6.48. The summed E-state index contributed by atoms with van der Waals surface area (Å²) in [7, 11) is -3.19. The monoisotopic (exact) mass is 278 g/mol. The largest absolute Gasteiger partial charge is 0.223 e. The molecule has 0 heterocycles. The molecule has 3 heteroatoms. The second kappa shape index (κ2) is 7.29. The zero-order valence-electron chi connectivity index (χ0n) is 11.9. The number of sulfone groups is 1. The maximum absolute atomic E-state index is 12.1. The fourth-order valence-electron chi connectivity index (χ4n) is 1.67. The van der Waals surface area contributed by atoms with Gasteiger partial charge in [-0.1, -0.05) is 41.5 Å². The molecule has 0 saturated heterocycles. The normalized spacial score (nSPS) is 12.3. The van der Waals surface area contributed by atoms with Crippen LogP contribution in [0.5, 0.6) is 0 Å². The van der Waals surface area contributed by atoms with Gasteiger partial charge in [0.05, 0.1) is 10.6 Å². The highest BCUT2D eigenvalue weighted by Crippen LogP contribution is 2.12. The standard InChI is InChI=1S/C16H22O2S/c1-14(2)8-7-9-15(3)12-13-19(17,18)16-10-5-4-6-11-16/h4-6,8,10-12H,7,9,13H2,1-3H3/b15-12-. The molecule has 1 aromatic rings. The Morgan fingerprint density at radius 2 is 1.68 bits per heavy atom. The van der Waals surface area contributed by atoms with Crippen LogP contribution in [0.3, 0.4) is 0 Å². The van der Waals surface area contributed by atoms with E-state index in [1.807, 2.05) is 19.1 Å². The summed E-state index contributed by atoms with van der Waals surface area (Å²) in [5, 5.41) is 0. The lowest BCUT2D eigenvalue weighted by Crippen LogP contribution is -2.04. The van der Waals surface area contributed by atoms with Gasteiger partial charge in [-0.05, 0) is 45.7 Å². The highest BCUT2D eigenvalue weighted by molar-refractivity contribution is 7.91. The fraction of sp³-hybridized carbons (Fsp3) is 0.375. The number of hydrogen-bond acceptors (Lipinski definition) is 2. The van der Waals surface area contributed by atoms with E-state index in [-0.39, 0.29) is 5.75 Å². The minimum Gasteiger partial charge on any atom is -0.223 e. The summed E-state index contributed by atoms with van der Waals surface area (Å²) >= 11 is 0. The average molecular weight is 278 g/mol. The van der Waals surface area contributed by atoms with Gasteiger partial charge in [0.2, 0.25) is 0 Å². The van der Waals surface area contributed by atoms with Gasteiger partial charge in [-0.15, -0.1) is 0 Å². The molecule has 0 spiro atoms. The van der Waals surface area contributed by atoms with Crippen molar-refractivity contribution in [2.75, 3.05) is 5.75 Å². The summed E-state index contributed by atoms with van der Waals surface area (Å²) < 4.78 is 24.1. The van der Waals surface area contributed by atoms with Crippen LogP contribution in [0, 0.1) is 0 Å². The lowest BCUT2D eigenvalue weighted by atomic mass is 10.1. The summed E-state index contributed by atoms with van der Waals surface area (Å²) in [4.78, 5) is 0.392. The van der Waals surface area contributed by atoms with Crippen LogP contribution in [0.1, 0.15) is 33.6 Å². The van der Waals surface area contributed by atoms with E-state index < -0.39 is 9.84 Å². The Hall–Kier alpha value is -1.35. The van der Waals surface area contributed by atoms with Crippen molar-refractivity contribution in [3.05, 3.63) is 53.6 Å². The minimum absolute atomic E-state index is 0.0810. The Labute approximate surface area is 116 Å². The molecule has 0 N–H and O–H groups in total. The van der Waals surface area contributed by atoms with Crippen molar-refractivity contribution in [3.8, 4) is 0 Å². The molecule has 0 saturated carbocycles. The van der Waals surface area contributed by atoms with E-state index in [1.165, 1.54) is 5.57 Å². The molecule has 0 unspecified atom stereocenters. The van der Waals surface area contributed by atoms with E-state index >= 15 is 0 Å². The quantitative estimate of drug-likeness (QED) is 0.732. The maximum Gasteiger partial charge on any atom is 0.181 e. The molecule has 0 aliphatic carbocycles. The third-order valence-electron chi connectivity index (χ3n) is 2.84. The molecule has 0 amide bonds. The van der Waals surface area contributed by atoms with Crippen molar-refractivity contribution in [3.63, 3.8) is 0 Å². The summed E-state index contributed by atoms with van der Waals surface area (Å²) in [6.45, 7) is 6.12. The third kappa shape index (κ3) is 5.88. The van der Waals surface area contributed by atoms with Gasteiger partial charge in [-0.2, -0.15) is 0 Å². The van der Waals surface area contributed by atoms with Crippen LogP contribution in [-0.4, -0.2) is 14.2 Å². The van der Waals surface area contributed by atoms with Crippen molar-refractivity contribution >= 4 is 9.84 Å². The second-order valence-corrected chi connectivity index (χ2v) is 7.00. The first-order chi connectivity index (χ1) is 8.92. The maximum atomic E-state index is 12.1. The molecule has 0 fully saturated rings. The molecular weight excluding hydrogens is 256 g/mol. The van der Waals surface area contributed by atoms with Crippen molar-refractivity contribution in [2.24, 2.45) is 0 Å². The van der Waals surface area contributed by atoms with Crippen LogP contribution in [0.4, 0.5) is 0 Å². The number of rotatable bonds is 6. The van der Waals surface area contributed by atoms with E-state index in [1.54, 1.807) is 24.3 Å². The average Bonchev–Trinajstić information content (AvgIpc) is 2.37. The molecule has 0 radical (unpaired) electrons. The van der Waals surface area contributed by atoms with Gasteiger partial charge in [-0.3, -0.25) is 0 Å². The van der Waals surface area contributed by atoms with Crippen LogP contribution in [0.2, 0.25) is 0 Å². The van der Waals surface area contributed by atoms with Gasteiger partial charge in [-0.25, -0.2) is 8.42 Å². The zero-order valence-corrected chi connectivity index (χ0v) is 12.7. The van der Waals surface area contributed by atoms with Crippen LogP contribution >= 0.6 is 0 Å². The predicted molar refractivity (Wildman–Crippen MR) is 80.9 cm³/mol. The second-order valence-electron chi connectivity index (χ2n) is 4.97. The van der Waals surface area contributed by atoms with Gasteiger partial charge in [0.25, 0.3) is 0 Å². The van der Waals surface area contributed by atoms with Gasteiger partial charge < -0.3 is 0 Å². The van der Waals surface area contributed by atoms with Gasteiger partial charge >= 0.3 is 0 Å². The molecule has 1 aromatic carbocycles. The summed E-state index contributed by atoms with van der Waals surface area (Å²) in [6, 6.07) is 8.60. The van der Waals surface area contributed by atoms with Crippen LogP contribution in [0.15, 0.2) is 58.5 Å². The van der Waals surface area contributed by atoms with Crippen LogP contribution in [0.25, 0.3) is 0 Å². The van der Waals surface area contributed by atoms with Gasteiger partial charge in [0, 0.05) is 0 Å². The highest BCUT2D eigenvalue weighted by Gasteiger charge is 2.11. The first-order valence-corrected chi connectivity index (χ1v) is 8.14. The molecule has 0 aliphatic rings. The fourth-order valence-corrected chi connectivity index (χ4v) is 2.93. The lowest BCUT2D eigenvalue weighted by Gasteiger charge is -2.03. The lowest BCUT2D eigenvalue weighted by molar-refractivity contribution is 0.599. The molecule has 19 heavy (non-hydrogen) atoms. The molecular formula is C16H22O2S. The molecule has 0 atom stereocenters. The Morgan fingerprint density at radius 1 is 1.05 bits per heavy atom. The SMILES string of the molecule is CC(C)=CCC/C(C)=C\CS(=O)(=O)c1ccccc1. The summed E-state index contributed by atoms with van der Waals surface area (Å²) in [6.07, 6.45) is 5.87. The van der Waals surface area contributed by atoms with E-state index in [9.17, 15) is 8.42 Å². The van der Waals surface area contributed by atoms with Crippen molar-refractivity contribution < 1.29 is 8.42 Å². The van der Waals surface area contributed by atoms with E-state index in [4.69, 9.17) is 0 Å². The van der Waals surface area contributed by atoms with E-state index in [0.29, 0.717) is 4.90 Å².